The molecule has 0 radical (unpaired) electrons. The summed E-state index contributed by atoms with van der Waals surface area (Å²) in [5, 5.41) is 7.01. The number of nitrogens with zero attached hydrogens (tertiary/aromatic N) is 2. The largest absolute Gasteiger partial charge is 0.394 e. The van der Waals surface area contributed by atoms with Crippen molar-refractivity contribution in [2.75, 3.05) is 11.6 Å². The van der Waals surface area contributed by atoms with Crippen LogP contribution in [-0.4, -0.2) is 9.66 Å². The van der Waals surface area contributed by atoms with Crippen LogP contribution in [-0.2, 0) is 0 Å². The summed E-state index contributed by atoms with van der Waals surface area (Å²) in [7, 11) is 0. The number of rotatable bonds is 0. The molecule has 1 heterocycles. The van der Waals surface area contributed by atoms with E-state index in [1.165, 1.54) is 17.2 Å². The molecule has 0 aromatic carbocycles. The van der Waals surface area contributed by atoms with Crippen LogP contribution in [0.1, 0.15) is 0 Å². The molecular weight excluding hydrogens is 118 g/mol. The standard InChI is InChI=1S/C4H7N5/c5-3-1-9(7)2-8-4(3)6/h1-2,6H,5,7H2. The van der Waals surface area contributed by atoms with E-state index in [9.17, 15) is 0 Å². The fourth-order valence-corrected chi connectivity index (χ4v) is 0.454. The molecule has 0 saturated heterocycles. The van der Waals surface area contributed by atoms with Crippen LogP contribution in [0.15, 0.2) is 12.5 Å². The predicted octanol–water partition coefficient (Wildman–Crippen LogP) is -1.34. The minimum Gasteiger partial charge on any atom is -0.394 e. The van der Waals surface area contributed by atoms with Gasteiger partial charge in [-0.1, -0.05) is 0 Å². The van der Waals surface area contributed by atoms with Crippen LogP contribution in [0, 0.1) is 5.41 Å². The van der Waals surface area contributed by atoms with Crippen LogP contribution < -0.4 is 17.1 Å². The van der Waals surface area contributed by atoms with Gasteiger partial charge in [-0.2, -0.15) is 0 Å². The van der Waals surface area contributed by atoms with E-state index in [4.69, 9.17) is 17.0 Å². The Morgan fingerprint density at radius 1 is 1.67 bits per heavy atom. The number of aromatic nitrogens is 2. The van der Waals surface area contributed by atoms with E-state index >= 15 is 0 Å². The van der Waals surface area contributed by atoms with Crippen molar-refractivity contribution < 1.29 is 0 Å². The molecule has 1 aromatic heterocycles. The number of nitrogens with one attached hydrogen (secondary N) is 1. The average molecular weight is 125 g/mol. The minimum absolute atomic E-state index is 0.0525. The SMILES string of the molecule is N=c1ncn(N)cc1N. The number of anilines is 1. The highest BCUT2D eigenvalue weighted by Crippen LogP contribution is 1.82. The van der Waals surface area contributed by atoms with Crippen LogP contribution in [0.4, 0.5) is 5.69 Å². The summed E-state index contributed by atoms with van der Waals surface area (Å²) in [4.78, 5) is 3.56. The lowest BCUT2D eigenvalue weighted by molar-refractivity contribution is 0.902. The first-order chi connectivity index (χ1) is 4.20. The Kier molecular flexibility index (Phi) is 1.11. The molecule has 5 N–H and O–H groups in total. The summed E-state index contributed by atoms with van der Waals surface area (Å²) in [5.74, 6) is 5.22. The molecule has 0 amide bonds. The molecule has 9 heavy (non-hydrogen) atoms. The average Bonchev–Trinajstić information content (AvgIpc) is 1.80. The van der Waals surface area contributed by atoms with Gasteiger partial charge < -0.3 is 11.6 Å². The van der Waals surface area contributed by atoms with Gasteiger partial charge in [0.15, 0.2) is 5.49 Å². The Hall–Kier alpha value is -1.52. The number of hydrogen-bond acceptors (Lipinski definition) is 4. The van der Waals surface area contributed by atoms with Gasteiger partial charge in [-0.25, -0.2) is 4.98 Å². The molecule has 0 fully saturated rings. The molecule has 1 rings (SSSR count). The maximum absolute atomic E-state index is 7.01. The zero-order valence-electron chi connectivity index (χ0n) is 4.70. The third-order valence-corrected chi connectivity index (χ3v) is 0.882. The smallest absolute Gasteiger partial charge is 0.171 e. The van der Waals surface area contributed by atoms with E-state index in [0.717, 1.165) is 0 Å². The maximum Gasteiger partial charge on any atom is 0.171 e. The van der Waals surface area contributed by atoms with Gasteiger partial charge >= 0.3 is 0 Å². The van der Waals surface area contributed by atoms with Gasteiger partial charge in [0.2, 0.25) is 0 Å². The third-order valence-electron chi connectivity index (χ3n) is 0.882. The van der Waals surface area contributed by atoms with Gasteiger partial charge in [-0.3, -0.25) is 10.1 Å². The lowest BCUT2D eigenvalue weighted by Gasteiger charge is -1.96. The van der Waals surface area contributed by atoms with Gasteiger partial charge in [0.1, 0.15) is 6.33 Å². The number of hydrogen-bond donors (Lipinski definition) is 3. The van der Waals surface area contributed by atoms with Crippen LogP contribution in [0.2, 0.25) is 0 Å². The highest BCUT2D eigenvalue weighted by atomic mass is 15.3. The van der Waals surface area contributed by atoms with E-state index in [2.05, 4.69) is 4.98 Å². The van der Waals surface area contributed by atoms with Crippen LogP contribution in [0.5, 0.6) is 0 Å². The first kappa shape index (κ1) is 5.61. The molecule has 0 aliphatic heterocycles. The Balaban J connectivity index is 3.34. The van der Waals surface area contributed by atoms with Crippen molar-refractivity contribution >= 4 is 5.69 Å². The van der Waals surface area contributed by atoms with Crippen molar-refractivity contribution in [2.45, 2.75) is 0 Å². The van der Waals surface area contributed by atoms with E-state index in [1.807, 2.05) is 0 Å². The normalized spacial score (nSPS) is 9.33. The molecule has 0 aliphatic carbocycles. The Labute approximate surface area is 51.4 Å². The van der Waals surface area contributed by atoms with Crippen molar-refractivity contribution in [1.29, 1.82) is 5.41 Å². The molecule has 0 unspecified atom stereocenters. The summed E-state index contributed by atoms with van der Waals surface area (Å²) in [6, 6.07) is 0. The van der Waals surface area contributed by atoms with Gasteiger partial charge in [-0.15, -0.1) is 0 Å². The van der Waals surface area contributed by atoms with E-state index in [-0.39, 0.29) is 11.2 Å². The van der Waals surface area contributed by atoms with Crippen molar-refractivity contribution in [2.24, 2.45) is 0 Å². The molecule has 0 bridgehead atoms. The van der Waals surface area contributed by atoms with Crippen molar-refractivity contribution in [3.8, 4) is 0 Å². The van der Waals surface area contributed by atoms with E-state index in [1.54, 1.807) is 0 Å². The van der Waals surface area contributed by atoms with E-state index in [0.29, 0.717) is 0 Å². The molecule has 48 valence electrons. The highest BCUT2D eigenvalue weighted by Gasteiger charge is 1.87. The lowest BCUT2D eigenvalue weighted by Crippen LogP contribution is -2.18. The molecule has 0 atom stereocenters. The fraction of sp³-hybridized carbons (Fsp3) is 0. The molecule has 5 heteroatoms. The Morgan fingerprint density at radius 2 is 2.33 bits per heavy atom. The lowest BCUT2D eigenvalue weighted by atomic mass is 10.5. The zero-order valence-corrected chi connectivity index (χ0v) is 4.70. The third kappa shape index (κ3) is 0.987. The minimum atomic E-state index is 0.0525. The first-order valence-corrected chi connectivity index (χ1v) is 2.33. The summed E-state index contributed by atoms with van der Waals surface area (Å²) < 4.78 is 1.20. The monoisotopic (exact) mass is 125 g/mol. The summed E-state index contributed by atoms with van der Waals surface area (Å²) in [5.41, 5.74) is 5.60. The molecule has 5 nitrogen and oxygen atoms in total. The Bertz CT molecular complexity index is 262. The van der Waals surface area contributed by atoms with E-state index < -0.39 is 0 Å². The molecule has 1 aromatic rings. The van der Waals surface area contributed by atoms with Crippen molar-refractivity contribution in [3.63, 3.8) is 0 Å². The van der Waals surface area contributed by atoms with Gasteiger partial charge in [0.25, 0.3) is 0 Å². The fourth-order valence-electron chi connectivity index (χ4n) is 0.454. The van der Waals surface area contributed by atoms with Crippen molar-refractivity contribution in [1.82, 2.24) is 9.66 Å². The van der Waals surface area contributed by atoms with Crippen LogP contribution in [0.25, 0.3) is 0 Å². The Morgan fingerprint density at radius 3 is 2.78 bits per heavy atom. The molecule has 0 saturated carbocycles. The maximum atomic E-state index is 7.01. The second-order valence-electron chi connectivity index (χ2n) is 1.62. The highest BCUT2D eigenvalue weighted by molar-refractivity contribution is 5.28. The predicted molar refractivity (Wildman–Crippen MR) is 32.6 cm³/mol. The second-order valence-corrected chi connectivity index (χ2v) is 1.62. The zero-order chi connectivity index (χ0) is 6.85. The molecular formula is C4H7N5. The summed E-state index contributed by atoms with van der Waals surface area (Å²) in [6.45, 7) is 0. The van der Waals surface area contributed by atoms with Gasteiger partial charge in [0, 0.05) is 0 Å². The quantitative estimate of drug-likeness (QED) is 0.374. The molecule has 0 aliphatic rings. The van der Waals surface area contributed by atoms with Crippen molar-refractivity contribution in [3.05, 3.63) is 18.0 Å². The van der Waals surface area contributed by atoms with Crippen LogP contribution in [0.3, 0.4) is 0 Å². The number of nitrogen functional groups attached to an aromatic ring is 2. The summed E-state index contributed by atoms with van der Waals surface area (Å²) in [6.07, 6.45) is 2.74. The van der Waals surface area contributed by atoms with Gasteiger partial charge in [-0.05, 0) is 0 Å². The topological polar surface area (TPSA) is 93.7 Å². The first-order valence-electron chi connectivity index (χ1n) is 2.33. The summed E-state index contributed by atoms with van der Waals surface area (Å²) >= 11 is 0. The second kappa shape index (κ2) is 1.77. The molecule has 0 spiro atoms. The van der Waals surface area contributed by atoms with Gasteiger partial charge in [0.05, 0.1) is 11.9 Å². The van der Waals surface area contributed by atoms with Crippen LogP contribution >= 0.6 is 0 Å². The number of nitrogens with two attached hydrogens (primary N) is 2.